The number of hydrogen-bond donors (Lipinski definition) is 2. The summed E-state index contributed by atoms with van der Waals surface area (Å²) in [4.78, 5) is 17.4. The Bertz CT molecular complexity index is 1240. The van der Waals surface area contributed by atoms with Gasteiger partial charge in [0.15, 0.2) is 5.78 Å². The zero-order chi connectivity index (χ0) is 32.2. The van der Waals surface area contributed by atoms with Gasteiger partial charge in [-0.3, -0.25) is 9.69 Å². The van der Waals surface area contributed by atoms with Crippen molar-refractivity contribution in [3.05, 3.63) is 12.2 Å². The second kappa shape index (κ2) is 10.9. The average molecular weight is 621 g/mol. The molecule has 0 aromatic heterocycles. The van der Waals surface area contributed by atoms with Gasteiger partial charge >= 0.3 is 0 Å². The van der Waals surface area contributed by atoms with Crippen LogP contribution in [0.3, 0.4) is 0 Å². The second-order valence-corrected chi connectivity index (χ2v) is 18.7. The van der Waals surface area contributed by atoms with Crippen LogP contribution in [0.1, 0.15) is 138 Å². The second-order valence-electron chi connectivity index (χ2n) is 18.7. The topological polar surface area (TPSA) is 73.1 Å². The van der Waals surface area contributed by atoms with E-state index in [1.54, 1.807) is 0 Å². The molecule has 5 aliphatic carbocycles. The van der Waals surface area contributed by atoms with Crippen molar-refractivity contribution in [2.75, 3.05) is 13.1 Å². The molecule has 0 radical (unpaired) electrons. The molecule has 5 heteroatoms. The molecule has 12 atom stereocenters. The molecule has 0 aromatic rings. The van der Waals surface area contributed by atoms with Gasteiger partial charge in [0.2, 0.25) is 0 Å². The van der Waals surface area contributed by atoms with Crippen LogP contribution in [-0.4, -0.2) is 51.4 Å². The minimum atomic E-state index is -1.39. The standard InChI is InChI=1S/C40H64N2O3/c1-25(2)40(44,30-11-10-24-42-23-9-8-12-31(30)42)35(43)28-14-13-27-26(28)17-21-38(6)29(27)15-16-33-37(5)20-19-34(41-45)36(3,4)32(37)18-22-39(33,38)7/h26-33,44-45H,1,8-24H2,2-7H3. The summed E-state index contributed by atoms with van der Waals surface area (Å²) in [6, 6.07) is 0.321. The van der Waals surface area contributed by atoms with Crippen molar-refractivity contribution in [1.82, 2.24) is 4.90 Å². The smallest absolute Gasteiger partial charge is 0.172 e. The van der Waals surface area contributed by atoms with Crippen molar-refractivity contribution in [1.29, 1.82) is 0 Å². The first kappa shape index (κ1) is 32.4. The third kappa shape index (κ3) is 4.29. The number of Topliss-reactive ketones (excluding diaryl/α,β-unsaturated/α-hetero) is 1. The molecule has 2 saturated heterocycles. The fraction of sp³-hybridized carbons (Fsp3) is 0.900. The molecule has 7 fully saturated rings. The van der Waals surface area contributed by atoms with Gasteiger partial charge in [-0.1, -0.05) is 52.8 Å². The number of carbonyl (C=O) groups excluding carboxylic acids is 1. The van der Waals surface area contributed by atoms with Gasteiger partial charge in [0.05, 0.1) is 5.71 Å². The molecular weight excluding hydrogens is 556 g/mol. The van der Waals surface area contributed by atoms with E-state index < -0.39 is 5.60 Å². The van der Waals surface area contributed by atoms with Crippen LogP contribution in [0.25, 0.3) is 0 Å². The first-order valence-electron chi connectivity index (χ1n) is 19.1. The number of rotatable bonds is 4. The molecule has 0 bridgehead atoms. The predicted molar refractivity (Wildman–Crippen MR) is 181 cm³/mol. The van der Waals surface area contributed by atoms with E-state index >= 15 is 0 Å². The molecule has 2 heterocycles. The van der Waals surface area contributed by atoms with Crippen molar-refractivity contribution in [3.8, 4) is 0 Å². The summed E-state index contributed by atoms with van der Waals surface area (Å²) >= 11 is 0. The Morgan fingerprint density at radius 1 is 0.844 bits per heavy atom. The van der Waals surface area contributed by atoms with E-state index in [9.17, 15) is 15.1 Å². The Labute approximate surface area is 274 Å². The quantitative estimate of drug-likeness (QED) is 0.187. The lowest BCUT2D eigenvalue weighted by molar-refractivity contribution is -0.217. The van der Waals surface area contributed by atoms with E-state index in [0.717, 1.165) is 70.2 Å². The van der Waals surface area contributed by atoms with Gasteiger partial charge in [-0.15, -0.1) is 0 Å². The number of aliphatic hydroxyl groups is 1. The molecule has 12 unspecified atom stereocenters. The maximum Gasteiger partial charge on any atom is 0.172 e. The van der Waals surface area contributed by atoms with Crippen LogP contribution in [-0.2, 0) is 4.79 Å². The molecule has 5 saturated carbocycles. The lowest BCUT2D eigenvalue weighted by Gasteiger charge is -2.71. The van der Waals surface area contributed by atoms with Crippen LogP contribution in [0.5, 0.6) is 0 Å². The fourth-order valence-corrected chi connectivity index (χ4v) is 14.9. The van der Waals surface area contributed by atoms with Gasteiger partial charge < -0.3 is 10.3 Å². The van der Waals surface area contributed by atoms with Gasteiger partial charge in [0, 0.05) is 23.3 Å². The maximum absolute atomic E-state index is 14.8. The summed E-state index contributed by atoms with van der Waals surface area (Å²) in [7, 11) is 0. The van der Waals surface area contributed by atoms with Crippen molar-refractivity contribution >= 4 is 11.5 Å². The monoisotopic (exact) mass is 620 g/mol. The molecular formula is C40H64N2O3. The van der Waals surface area contributed by atoms with Crippen LogP contribution in [0.4, 0.5) is 0 Å². The number of oxime groups is 1. The van der Waals surface area contributed by atoms with E-state index in [-0.39, 0.29) is 33.9 Å². The molecule has 252 valence electrons. The Balaban J connectivity index is 1.14. The lowest BCUT2D eigenvalue weighted by atomic mass is 9.33. The van der Waals surface area contributed by atoms with Crippen molar-refractivity contribution in [2.24, 2.45) is 68.2 Å². The number of ketones is 1. The molecule has 0 spiro atoms. The van der Waals surface area contributed by atoms with Crippen molar-refractivity contribution < 1.29 is 15.1 Å². The molecule has 5 nitrogen and oxygen atoms in total. The van der Waals surface area contributed by atoms with E-state index in [4.69, 9.17) is 0 Å². The van der Waals surface area contributed by atoms with Gasteiger partial charge in [-0.25, -0.2) is 0 Å². The van der Waals surface area contributed by atoms with Crippen LogP contribution in [0.2, 0.25) is 0 Å². The highest BCUT2D eigenvalue weighted by Gasteiger charge is 2.69. The fourth-order valence-electron chi connectivity index (χ4n) is 14.9. The Kier molecular flexibility index (Phi) is 7.84. The Morgan fingerprint density at radius 2 is 1.58 bits per heavy atom. The lowest BCUT2D eigenvalue weighted by Crippen LogP contribution is -2.65. The highest BCUT2D eigenvalue weighted by molar-refractivity contribution is 5.93. The number of hydrogen-bond acceptors (Lipinski definition) is 5. The normalized spacial score (nSPS) is 49.9. The summed E-state index contributed by atoms with van der Waals surface area (Å²) in [5.74, 6) is 3.05. The van der Waals surface area contributed by atoms with Gasteiger partial charge in [-0.05, 0) is 161 Å². The molecule has 7 rings (SSSR count). The third-order valence-corrected chi connectivity index (χ3v) is 17.2. The third-order valence-electron chi connectivity index (χ3n) is 17.2. The SMILES string of the molecule is C=C(C)C(O)(C(=O)C1CCC2C1CCC1(C)C2CCC2C3(C)CCC(=NO)C(C)(C)C3CCC21C)C1CCCN2CCCCC12. The number of fused-ring (bicyclic) bond motifs is 8. The molecule has 45 heavy (non-hydrogen) atoms. The van der Waals surface area contributed by atoms with Gasteiger partial charge in [-0.2, -0.15) is 0 Å². The van der Waals surface area contributed by atoms with Crippen molar-refractivity contribution in [2.45, 2.75) is 149 Å². The van der Waals surface area contributed by atoms with Crippen LogP contribution in [0, 0.1) is 63.1 Å². The summed E-state index contributed by atoms with van der Waals surface area (Å²) in [5, 5.41) is 26.3. The highest BCUT2D eigenvalue weighted by atomic mass is 16.4. The number of carbonyl (C=O) groups is 1. The van der Waals surface area contributed by atoms with E-state index in [1.807, 2.05) is 6.92 Å². The summed E-state index contributed by atoms with van der Waals surface area (Å²) in [5.41, 5.74) is 1.12. The maximum atomic E-state index is 14.8. The largest absolute Gasteiger partial charge is 0.411 e. The first-order chi connectivity index (χ1) is 21.2. The first-order valence-corrected chi connectivity index (χ1v) is 19.1. The summed E-state index contributed by atoms with van der Waals surface area (Å²) < 4.78 is 0. The van der Waals surface area contributed by atoms with Crippen LogP contribution < -0.4 is 0 Å². The molecule has 7 aliphatic rings. The predicted octanol–water partition coefficient (Wildman–Crippen LogP) is 8.67. The summed E-state index contributed by atoms with van der Waals surface area (Å²) in [6.45, 7) is 21.1. The van der Waals surface area contributed by atoms with Crippen molar-refractivity contribution in [3.63, 3.8) is 0 Å². The molecule has 0 aromatic carbocycles. The number of piperidine rings is 2. The van der Waals surface area contributed by atoms with Gasteiger partial charge in [0.1, 0.15) is 5.60 Å². The molecule has 2 N–H and O–H groups in total. The summed E-state index contributed by atoms with van der Waals surface area (Å²) in [6.07, 6.45) is 17.2. The Hall–Kier alpha value is -1.20. The van der Waals surface area contributed by atoms with Crippen LogP contribution in [0.15, 0.2) is 17.3 Å². The van der Waals surface area contributed by atoms with E-state index in [1.165, 1.54) is 44.9 Å². The highest BCUT2D eigenvalue weighted by Crippen LogP contribution is 2.75. The molecule has 0 amide bonds. The van der Waals surface area contributed by atoms with E-state index in [2.05, 4.69) is 51.3 Å². The van der Waals surface area contributed by atoms with Gasteiger partial charge in [0.25, 0.3) is 0 Å². The van der Waals surface area contributed by atoms with Crippen LogP contribution >= 0.6 is 0 Å². The molecule has 2 aliphatic heterocycles. The minimum Gasteiger partial charge on any atom is -0.411 e. The number of nitrogens with zero attached hydrogens (tertiary/aromatic N) is 2. The zero-order valence-electron chi connectivity index (χ0n) is 29.5. The Morgan fingerprint density at radius 3 is 2.31 bits per heavy atom. The van der Waals surface area contributed by atoms with E-state index in [0.29, 0.717) is 46.6 Å². The zero-order valence-corrected chi connectivity index (χ0v) is 29.5. The minimum absolute atomic E-state index is 0.00845. The average Bonchev–Trinajstić information content (AvgIpc) is 3.44.